The Kier molecular flexibility index (Phi) is 21.8. The smallest absolute Gasteiger partial charge is 0.330 e. The summed E-state index contributed by atoms with van der Waals surface area (Å²) >= 11 is 0. The van der Waals surface area contributed by atoms with Crippen molar-refractivity contribution in [1.82, 2.24) is 0 Å². The maximum absolute atomic E-state index is 11.3. The summed E-state index contributed by atoms with van der Waals surface area (Å²) in [4.78, 5) is 11.1. The highest BCUT2D eigenvalue weighted by Gasteiger charge is 1.96. The van der Waals surface area contributed by atoms with Gasteiger partial charge in [0.05, 0.1) is 6.61 Å². The van der Waals surface area contributed by atoms with Crippen molar-refractivity contribution >= 4 is 16.8 Å². The fourth-order valence-corrected chi connectivity index (χ4v) is 3.38. The molecular weight excluding hydrogens is 392 g/mol. The monoisotopic (exact) mass is 432 g/mol. The van der Waals surface area contributed by atoms with E-state index in [1.165, 1.54) is 44.6 Å². The van der Waals surface area contributed by atoms with Crippen LogP contribution >= 0.6 is 0 Å². The number of ether oxygens (including phenoxy) is 1. The van der Waals surface area contributed by atoms with E-state index in [4.69, 9.17) is 4.74 Å². The van der Waals surface area contributed by atoms with Crippen molar-refractivity contribution in [3.05, 3.63) is 72.9 Å². The van der Waals surface area contributed by atoms with Crippen molar-refractivity contribution < 1.29 is 13.7 Å². The van der Waals surface area contributed by atoms with Crippen molar-refractivity contribution in [1.29, 1.82) is 0 Å². The highest BCUT2D eigenvalue weighted by Crippen LogP contribution is 2.09. The molecule has 0 amide bonds. The second kappa shape index (κ2) is 23.3. The Labute approximate surface area is 186 Å². The summed E-state index contributed by atoms with van der Waals surface area (Å²) in [5, 5.41) is 0. The first-order valence-electron chi connectivity index (χ1n) is 11.2. The summed E-state index contributed by atoms with van der Waals surface area (Å²) < 4.78 is 16.1. The molecule has 0 bridgehead atoms. The third kappa shape index (κ3) is 22.4. The number of unbranched alkanes of at least 4 members (excludes halogenated alkanes) is 7. The van der Waals surface area contributed by atoms with Crippen LogP contribution in [0.2, 0.25) is 0 Å². The van der Waals surface area contributed by atoms with Gasteiger partial charge in [0, 0.05) is 28.4 Å². The molecule has 0 aliphatic rings. The zero-order chi connectivity index (χ0) is 22.1. The van der Waals surface area contributed by atoms with Crippen LogP contribution in [0.1, 0.15) is 65.2 Å². The van der Waals surface area contributed by atoms with Crippen molar-refractivity contribution in [3.8, 4) is 0 Å². The van der Waals surface area contributed by atoms with Gasteiger partial charge in [0.2, 0.25) is 0 Å². The predicted octanol–water partition coefficient (Wildman–Crippen LogP) is 6.78. The summed E-state index contributed by atoms with van der Waals surface area (Å²) in [7, 11) is -0.587. The highest BCUT2D eigenvalue weighted by molar-refractivity contribution is 7.84. The van der Waals surface area contributed by atoms with Gasteiger partial charge in [0.25, 0.3) is 0 Å². The lowest BCUT2D eigenvalue weighted by atomic mass is 10.1. The average molecular weight is 433 g/mol. The Hall–Kier alpha value is -1.94. The number of carbonyl (C=O) groups excluding carboxylic acids is 1. The minimum atomic E-state index is -0.587. The van der Waals surface area contributed by atoms with E-state index in [1.807, 2.05) is 49.5 Å². The van der Waals surface area contributed by atoms with Crippen LogP contribution in [0.15, 0.2) is 72.9 Å². The predicted molar refractivity (Wildman–Crippen MR) is 132 cm³/mol. The normalized spacial score (nSPS) is 13.8. The lowest BCUT2D eigenvalue weighted by Gasteiger charge is -2.01. The van der Waals surface area contributed by atoms with Crippen LogP contribution in [-0.2, 0) is 20.3 Å². The number of rotatable bonds is 18. The molecule has 0 N–H and O–H groups in total. The van der Waals surface area contributed by atoms with Gasteiger partial charge < -0.3 is 4.74 Å². The number of allylic oxidation sites excluding steroid dienone is 11. The minimum Gasteiger partial charge on any atom is -0.463 e. The van der Waals surface area contributed by atoms with Gasteiger partial charge in [-0.1, -0.05) is 106 Å². The Balaban J connectivity index is 3.57. The molecule has 0 aliphatic carbocycles. The Morgan fingerprint density at radius 2 is 1.20 bits per heavy atom. The van der Waals surface area contributed by atoms with Crippen molar-refractivity contribution in [3.63, 3.8) is 0 Å². The summed E-state index contributed by atoms with van der Waals surface area (Å²) in [5.74, 6) is 1.36. The third-order valence-electron chi connectivity index (χ3n) is 4.22. The molecule has 0 spiro atoms. The largest absolute Gasteiger partial charge is 0.463 e. The van der Waals surface area contributed by atoms with E-state index in [-0.39, 0.29) is 5.97 Å². The quantitative estimate of drug-likeness (QED) is 0.104. The molecule has 4 heteroatoms. The zero-order valence-electron chi connectivity index (χ0n) is 18.8. The van der Waals surface area contributed by atoms with Gasteiger partial charge in [-0.2, -0.15) is 0 Å². The second-order valence-corrected chi connectivity index (χ2v) is 8.64. The fourth-order valence-electron chi connectivity index (χ4n) is 2.57. The maximum atomic E-state index is 11.3. The molecular formula is C26H40O3S. The molecule has 0 radical (unpaired) electrons. The van der Waals surface area contributed by atoms with Gasteiger partial charge in [-0.05, 0) is 26.2 Å². The van der Waals surface area contributed by atoms with E-state index in [9.17, 15) is 9.00 Å². The second-order valence-electron chi connectivity index (χ2n) is 6.78. The van der Waals surface area contributed by atoms with Crippen LogP contribution < -0.4 is 0 Å². The van der Waals surface area contributed by atoms with Gasteiger partial charge in [-0.25, -0.2) is 4.79 Å². The van der Waals surface area contributed by atoms with Gasteiger partial charge in [-0.3, -0.25) is 4.21 Å². The summed E-state index contributed by atoms with van der Waals surface area (Å²) in [6.45, 7) is 4.17. The Morgan fingerprint density at radius 3 is 1.77 bits per heavy atom. The third-order valence-corrected chi connectivity index (χ3v) is 5.61. The molecule has 1 unspecified atom stereocenters. The highest BCUT2D eigenvalue weighted by atomic mass is 32.2. The van der Waals surface area contributed by atoms with Crippen LogP contribution in [0.5, 0.6) is 0 Å². The van der Waals surface area contributed by atoms with Crippen LogP contribution in [0.25, 0.3) is 0 Å². The standard InChI is InChI=1S/C26H40O3S/c1-3-29-26(27)24-22-20-18-16-14-12-10-8-6-5-7-9-11-13-15-17-19-21-23-25-30(28)4-2/h5-8,10,12,14,16,18,20,22,24H,3-4,9,11,13,15,17,19,21,23,25H2,1-2H3. The Bertz CT molecular complexity index is 610. The fraction of sp³-hybridized carbons (Fsp3) is 0.500. The molecule has 0 rings (SSSR count). The maximum Gasteiger partial charge on any atom is 0.330 e. The molecule has 0 aromatic heterocycles. The average Bonchev–Trinajstić information content (AvgIpc) is 2.74. The first-order valence-corrected chi connectivity index (χ1v) is 12.7. The first kappa shape index (κ1) is 28.1. The summed E-state index contributed by atoms with van der Waals surface area (Å²) in [5.41, 5.74) is 0. The van der Waals surface area contributed by atoms with E-state index in [0.29, 0.717) is 6.61 Å². The lowest BCUT2D eigenvalue weighted by molar-refractivity contribution is -0.137. The molecule has 3 nitrogen and oxygen atoms in total. The first-order chi connectivity index (χ1) is 14.7. The van der Waals surface area contributed by atoms with Crippen LogP contribution in [0.4, 0.5) is 0 Å². The lowest BCUT2D eigenvalue weighted by Crippen LogP contribution is -1.99. The molecule has 0 fully saturated rings. The number of hydrogen-bond donors (Lipinski definition) is 0. The molecule has 168 valence electrons. The zero-order valence-corrected chi connectivity index (χ0v) is 19.7. The number of hydrogen-bond acceptors (Lipinski definition) is 3. The summed E-state index contributed by atoms with van der Waals surface area (Å²) in [6.07, 6.45) is 32.8. The van der Waals surface area contributed by atoms with Gasteiger partial charge in [-0.15, -0.1) is 0 Å². The van der Waals surface area contributed by atoms with E-state index in [0.717, 1.165) is 24.3 Å². The van der Waals surface area contributed by atoms with Crippen molar-refractivity contribution in [2.24, 2.45) is 0 Å². The van der Waals surface area contributed by atoms with E-state index in [2.05, 4.69) is 12.2 Å². The molecule has 0 heterocycles. The number of carbonyl (C=O) groups is 1. The molecule has 30 heavy (non-hydrogen) atoms. The van der Waals surface area contributed by atoms with Gasteiger partial charge in [0.1, 0.15) is 0 Å². The molecule has 0 aromatic rings. The van der Waals surface area contributed by atoms with Crippen molar-refractivity contribution in [2.75, 3.05) is 18.1 Å². The van der Waals surface area contributed by atoms with Crippen LogP contribution in [-0.4, -0.2) is 28.3 Å². The van der Waals surface area contributed by atoms with Crippen molar-refractivity contribution in [2.45, 2.75) is 65.2 Å². The van der Waals surface area contributed by atoms with E-state index >= 15 is 0 Å². The molecule has 0 aromatic carbocycles. The van der Waals surface area contributed by atoms with Gasteiger partial charge >= 0.3 is 5.97 Å². The van der Waals surface area contributed by atoms with Gasteiger partial charge in [0.15, 0.2) is 0 Å². The van der Waals surface area contributed by atoms with E-state index in [1.54, 1.807) is 19.1 Å². The molecule has 0 aliphatic heterocycles. The van der Waals surface area contributed by atoms with Crippen LogP contribution in [0, 0.1) is 0 Å². The Morgan fingerprint density at radius 1 is 0.700 bits per heavy atom. The van der Waals surface area contributed by atoms with Crippen LogP contribution in [0.3, 0.4) is 0 Å². The molecule has 1 atom stereocenters. The molecule has 0 saturated carbocycles. The number of esters is 1. The SMILES string of the molecule is CCOC(=O)C=CC=CC=CC=CC=CC=CCCCCCCCCCS(=O)CC. The topological polar surface area (TPSA) is 43.4 Å². The van der Waals surface area contributed by atoms with E-state index < -0.39 is 10.8 Å². The molecule has 0 saturated heterocycles. The summed E-state index contributed by atoms with van der Waals surface area (Å²) in [6, 6.07) is 0. The minimum absolute atomic E-state index is 0.321.